The van der Waals surface area contributed by atoms with E-state index in [-0.39, 0.29) is 17.1 Å². The molecular formula is C20H21F3N2O2S. The molecule has 2 rings (SSSR count). The number of hydrogen-bond donors (Lipinski definition) is 2. The third-order valence-electron chi connectivity index (χ3n) is 3.85. The van der Waals surface area contributed by atoms with Gasteiger partial charge < -0.3 is 10.6 Å². The molecule has 0 heterocycles. The fraction of sp³-hybridized carbons (Fsp3) is 0.300. The van der Waals surface area contributed by atoms with Gasteiger partial charge in [-0.15, -0.1) is 11.8 Å². The summed E-state index contributed by atoms with van der Waals surface area (Å²) in [6.45, 7) is 5.92. The summed E-state index contributed by atoms with van der Waals surface area (Å²) >= 11 is 1.31. The van der Waals surface area contributed by atoms with Crippen molar-refractivity contribution in [3.63, 3.8) is 0 Å². The molecule has 0 spiro atoms. The molecule has 2 aromatic rings. The van der Waals surface area contributed by atoms with Gasteiger partial charge in [0, 0.05) is 4.90 Å². The molecule has 28 heavy (non-hydrogen) atoms. The van der Waals surface area contributed by atoms with E-state index in [9.17, 15) is 22.8 Å². The molecule has 0 aliphatic carbocycles. The van der Waals surface area contributed by atoms with Gasteiger partial charge in [0.2, 0.25) is 11.8 Å². The molecule has 150 valence electrons. The van der Waals surface area contributed by atoms with Crippen molar-refractivity contribution in [3.05, 3.63) is 59.4 Å². The van der Waals surface area contributed by atoms with Crippen LogP contribution in [0.2, 0.25) is 0 Å². The number of carbonyl (C=O) groups excluding carboxylic acids is 2. The van der Waals surface area contributed by atoms with Crippen LogP contribution in [0.25, 0.3) is 0 Å². The third kappa shape index (κ3) is 6.02. The number of nitrogens with one attached hydrogen (secondary N) is 2. The van der Waals surface area contributed by atoms with E-state index in [0.717, 1.165) is 11.0 Å². The molecule has 8 heteroatoms. The molecule has 0 fully saturated rings. The Labute approximate surface area is 165 Å². The Morgan fingerprint density at radius 3 is 2.18 bits per heavy atom. The highest BCUT2D eigenvalue weighted by Crippen LogP contribution is 2.25. The van der Waals surface area contributed by atoms with Crippen molar-refractivity contribution >= 4 is 29.3 Å². The van der Waals surface area contributed by atoms with Crippen molar-refractivity contribution in [2.75, 3.05) is 17.6 Å². The van der Waals surface area contributed by atoms with Crippen LogP contribution in [0.1, 0.15) is 26.3 Å². The Bertz CT molecular complexity index is 865. The number of anilines is 1. The number of halogens is 3. The van der Waals surface area contributed by atoms with E-state index in [2.05, 4.69) is 31.4 Å². The summed E-state index contributed by atoms with van der Waals surface area (Å²) in [4.78, 5) is 24.5. The minimum absolute atomic E-state index is 0.0425. The summed E-state index contributed by atoms with van der Waals surface area (Å²) in [7, 11) is 0. The van der Waals surface area contributed by atoms with E-state index in [4.69, 9.17) is 0 Å². The van der Waals surface area contributed by atoms with Crippen molar-refractivity contribution in [1.29, 1.82) is 0 Å². The van der Waals surface area contributed by atoms with Crippen LogP contribution >= 0.6 is 11.8 Å². The molecule has 0 atom stereocenters. The number of carbonyl (C=O) groups is 2. The number of rotatable bonds is 6. The molecule has 0 aliphatic heterocycles. The van der Waals surface area contributed by atoms with Gasteiger partial charge >= 0.3 is 0 Å². The SMILES string of the molecule is CC(C)(C)c1ccc(SCC(=O)NCC(=O)Nc2ccc(F)c(F)c2F)cc1. The molecule has 2 aromatic carbocycles. The minimum atomic E-state index is -1.67. The summed E-state index contributed by atoms with van der Waals surface area (Å²) in [5, 5.41) is 4.48. The number of hydrogen-bond acceptors (Lipinski definition) is 3. The van der Waals surface area contributed by atoms with Crippen LogP contribution in [0.15, 0.2) is 41.3 Å². The van der Waals surface area contributed by atoms with Gasteiger partial charge in [0.1, 0.15) is 0 Å². The lowest BCUT2D eigenvalue weighted by molar-refractivity contribution is -0.122. The molecule has 0 radical (unpaired) electrons. The molecule has 4 nitrogen and oxygen atoms in total. The first-order valence-electron chi connectivity index (χ1n) is 8.51. The Morgan fingerprint density at radius 2 is 1.57 bits per heavy atom. The van der Waals surface area contributed by atoms with E-state index in [1.807, 2.05) is 24.3 Å². The first kappa shape index (κ1) is 21.8. The van der Waals surface area contributed by atoms with Crippen LogP contribution < -0.4 is 10.6 Å². The highest BCUT2D eigenvalue weighted by atomic mass is 32.2. The van der Waals surface area contributed by atoms with Crippen molar-refractivity contribution in [3.8, 4) is 0 Å². The normalized spacial score (nSPS) is 11.2. The first-order valence-corrected chi connectivity index (χ1v) is 9.50. The number of thioether (sulfide) groups is 1. The van der Waals surface area contributed by atoms with E-state index in [1.165, 1.54) is 17.3 Å². The van der Waals surface area contributed by atoms with E-state index in [0.29, 0.717) is 6.07 Å². The quantitative estimate of drug-likeness (QED) is 0.553. The van der Waals surface area contributed by atoms with Gasteiger partial charge in [0.15, 0.2) is 17.5 Å². The number of amides is 2. The van der Waals surface area contributed by atoms with Crippen LogP contribution in [0, 0.1) is 17.5 Å². The van der Waals surface area contributed by atoms with E-state index in [1.54, 1.807) is 0 Å². The monoisotopic (exact) mass is 410 g/mol. The predicted molar refractivity (Wildman–Crippen MR) is 104 cm³/mol. The fourth-order valence-corrected chi connectivity index (χ4v) is 2.98. The Morgan fingerprint density at radius 1 is 0.929 bits per heavy atom. The predicted octanol–water partition coefficient (Wildman–Crippen LogP) is 4.25. The van der Waals surface area contributed by atoms with Gasteiger partial charge in [-0.25, -0.2) is 13.2 Å². The molecule has 0 saturated heterocycles. The molecule has 0 saturated carbocycles. The molecular weight excluding hydrogens is 389 g/mol. The van der Waals surface area contributed by atoms with Crippen molar-refractivity contribution in [1.82, 2.24) is 5.32 Å². The van der Waals surface area contributed by atoms with E-state index >= 15 is 0 Å². The first-order chi connectivity index (χ1) is 13.1. The lowest BCUT2D eigenvalue weighted by atomic mass is 9.87. The van der Waals surface area contributed by atoms with Crippen LogP contribution in [-0.2, 0) is 15.0 Å². The summed E-state index contributed by atoms with van der Waals surface area (Å²) < 4.78 is 39.5. The molecule has 2 amide bonds. The second kappa shape index (κ2) is 9.14. The summed E-state index contributed by atoms with van der Waals surface area (Å²) in [5.74, 6) is -5.55. The Hall–Kier alpha value is -2.48. The average Bonchev–Trinajstić information content (AvgIpc) is 2.65. The maximum atomic E-state index is 13.5. The van der Waals surface area contributed by atoms with Gasteiger partial charge in [0.05, 0.1) is 18.0 Å². The lowest BCUT2D eigenvalue weighted by Crippen LogP contribution is -2.34. The summed E-state index contributed by atoms with van der Waals surface area (Å²) in [6, 6.07) is 9.47. The van der Waals surface area contributed by atoms with Gasteiger partial charge in [0.25, 0.3) is 0 Å². The Kier molecular flexibility index (Phi) is 7.12. The average molecular weight is 410 g/mol. The second-order valence-corrected chi connectivity index (χ2v) is 8.16. The highest BCUT2D eigenvalue weighted by molar-refractivity contribution is 8.00. The molecule has 0 aromatic heterocycles. The van der Waals surface area contributed by atoms with Gasteiger partial charge in [-0.3, -0.25) is 9.59 Å². The zero-order valence-corrected chi connectivity index (χ0v) is 16.6. The fourth-order valence-electron chi connectivity index (χ4n) is 2.25. The molecule has 0 aliphatic rings. The van der Waals surface area contributed by atoms with Gasteiger partial charge in [-0.1, -0.05) is 32.9 Å². The van der Waals surface area contributed by atoms with Crippen molar-refractivity contribution in [2.45, 2.75) is 31.1 Å². The topological polar surface area (TPSA) is 58.2 Å². The zero-order chi connectivity index (χ0) is 20.9. The standard InChI is InChI=1S/C20H21F3N2O2S/c1-20(2,3)12-4-6-13(7-5-12)28-11-17(27)24-10-16(26)25-15-9-8-14(21)18(22)19(15)23/h4-9H,10-11H2,1-3H3,(H,24,27)(H,25,26). The smallest absolute Gasteiger partial charge is 0.243 e. The highest BCUT2D eigenvalue weighted by Gasteiger charge is 2.16. The van der Waals surface area contributed by atoms with Gasteiger partial charge in [-0.05, 0) is 35.2 Å². The minimum Gasteiger partial charge on any atom is -0.346 e. The van der Waals surface area contributed by atoms with Crippen LogP contribution in [-0.4, -0.2) is 24.1 Å². The van der Waals surface area contributed by atoms with Crippen LogP contribution in [0.3, 0.4) is 0 Å². The maximum absolute atomic E-state index is 13.5. The third-order valence-corrected chi connectivity index (χ3v) is 4.86. The number of benzene rings is 2. The van der Waals surface area contributed by atoms with Crippen LogP contribution in [0.5, 0.6) is 0 Å². The van der Waals surface area contributed by atoms with Crippen molar-refractivity contribution < 1.29 is 22.8 Å². The largest absolute Gasteiger partial charge is 0.346 e. The van der Waals surface area contributed by atoms with Gasteiger partial charge in [-0.2, -0.15) is 0 Å². The van der Waals surface area contributed by atoms with E-state index < -0.39 is 35.6 Å². The summed E-state index contributed by atoms with van der Waals surface area (Å²) in [6.07, 6.45) is 0. The maximum Gasteiger partial charge on any atom is 0.243 e. The van der Waals surface area contributed by atoms with Crippen molar-refractivity contribution in [2.24, 2.45) is 0 Å². The summed E-state index contributed by atoms with van der Waals surface area (Å²) in [5.41, 5.74) is 0.731. The molecule has 0 bridgehead atoms. The second-order valence-electron chi connectivity index (χ2n) is 7.11. The molecule has 2 N–H and O–H groups in total. The Balaban J connectivity index is 1.79. The van der Waals surface area contributed by atoms with Crippen LogP contribution in [0.4, 0.5) is 18.9 Å². The lowest BCUT2D eigenvalue weighted by Gasteiger charge is -2.19. The molecule has 0 unspecified atom stereocenters. The zero-order valence-electron chi connectivity index (χ0n) is 15.7.